The van der Waals surface area contributed by atoms with Crippen LogP contribution in [-0.2, 0) is 10.9 Å². The van der Waals surface area contributed by atoms with E-state index in [1.165, 1.54) is 6.08 Å². The number of rotatable bonds is 6. The van der Waals surface area contributed by atoms with Crippen molar-refractivity contribution in [3.05, 3.63) is 41.9 Å². The lowest BCUT2D eigenvalue weighted by atomic mass is 10.0. The summed E-state index contributed by atoms with van der Waals surface area (Å²) >= 11 is 0. The van der Waals surface area contributed by atoms with Gasteiger partial charge >= 0.3 is 6.18 Å². The number of nitrogens with one attached hydrogen (secondary N) is 1. The number of halogens is 3. The number of nitrogen functional groups attached to an aromatic ring is 1. The number of aromatic nitrogens is 1. The first-order valence-corrected chi connectivity index (χ1v) is 10.4. The molecule has 2 fully saturated rings. The molecular weight excluding hydrogens is 425 g/mol. The third kappa shape index (κ3) is 6.13. The fourth-order valence-corrected chi connectivity index (χ4v) is 3.77. The molecule has 32 heavy (non-hydrogen) atoms. The summed E-state index contributed by atoms with van der Waals surface area (Å²) in [6.07, 6.45) is 0.668. The lowest BCUT2D eigenvalue weighted by Crippen LogP contribution is -2.41. The summed E-state index contributed by atoms with van der Waals surface area (Å²) in [4.78, 5) is 10.1. The number of alkyl halides is 3. The van der Waals surface area contributed by atoms with Crippen molar-refractivity contribution in [2.45, 2.75) is 37.5 Å². The van der Waals surface area contributed by atoms with Crippen molar-refractivity contribution in [3.63, 3.8) is 0 Å². The molecule has 0 aromatic carbocycles. The van der Waals surface area contributed by atoms with Crippen molar-refractivity contribution in [2.24, 2.45) is 10.7 Å². The highest BCUT2D eigenvalue weighted by atomic mass is 19.4. The van der Waals surface area contributed by atoms with Gasteiger partial charge in [-0.15, -0.1) is 0 Å². The molecule has 1 aromatic heterocycles. The van der Waals surface area contributed by atoms with E-state index in [0.29, 0.717) is 45.0 Å². The van der Waals surface area contributed by atoms with Crippen LogP contribution in [0.5, 0.6) is 0 Å². The van der Waals surface area contributed by atoms with Crippen LogP contribution < -0.4 is 16.8 Å². The second-order valence-electron chi connectivity index (χ2n) is 8.06. The number of hydrogen-bond acceptors (Lipinski definition) is 7. The predicted molar refractivity (Wildman–Crippen MR) is 116 cm³/mol. The molecule has 0 atom stereocenters. The molecule has 1 aliphatic heterocycles. The first-order chi connectivity index (χ1) is 15.1. The Labute approximate surface area is 184 Å². The average molecular weight is 454 g/mol. The zero-order chi connectivity index (χ0) is 23.4. The van der Waals surface area contributed by atoms with E-state index in [0.717, 1.165) is 25.1 Å². The molecule has 8 nitrogen and oxygen atoms in total. The van der Waals surface area contributed by atoms with E-state index < -0.39 is 17.3 Å². The molecular formula is C21H29F3N6O2. The summed E-state index contributed by atoms with van der Waals surface area (Å²) in [7, 11) is 0. The maximum Gasteiger partial charge on any atom is 0.417 e. The third-order valence-corrected chi connectivity index (χ3v) is 5.58. The topological polar surface area (TPSA) is 122 Å². The van der Waals surface area contributed by atoms with Crippen LogP contribution in [0.25, 0.3) is 5.70 Å². The van der Waals surface area contributed by atoms with Gasteiger partial charge in [-0.1, -0.05) is 19.4 Å². The van der Waals surface area contributed by atoms with Crippen molar-refractivity contribution in [3.8, 4) is 0 Å². The number of nitrogens with zero attached hydrogens (tertiary/aromatic N) is 3. The van der Waals surface area contributed by atoms with Crippen LogP contribution in [-0.4, -0.2) is 59.3 Å². The number of aliphatic hydroxyl groups is 1. The molecule has 3 rings (SSSR count). The van der Waals surface area contributed by atoms with E-state index in [2.05, 4.69) is 21.9 Å². The molecule has 0 unspecified atom stereocenters. The number of anilines is 1. The summed E-state index contributed by atoms with van der Waals surface area (Å²) in [5.41, 5.74) is 9.07. The van der Waals surface area contributed by atoms with Crippen molar-refractivity contribution >= 4 is 17.4 Å². The third-order valence-electron chi connectivity index (χ3n) is 5.58. The van der Waals surface area contributed by atoms with E-state index in [-0.39, 0.29) is 29.5 Å². The van der Waals surface area contributed by atoms with Crippen LogP contribution in [0.15, 0.2) is 35.7 Å². The second-order valence-corrected chi connectivity index (χ2v) is 8.06. The molecule has 1 aliphatic carbocycles. The molecule has 1 saturated heterocycles. The minimum atomic E-state index is -4.66. The van der Waals surface area contributed by atoms with Crippen molar-refractivity contribution in [1.82, 2.24) is 15.2 Å². The Morgan fingerprint density at radius 2 is 2.00 bits per heavy atom. The van der Waals surface area contributed by atoms with Gasteiger partial charge in [0.15, 0.2) is 0 Å². The van der Waals surface area contributed by atoms with Gasteiger partial charge in [-0.3, -0.25) is 4.99 Å². The summed E-state index contributed by atoms with van der Waals surface area (Å²) in [6.45, 7) is 6.40. The minimum Gasteiger partial charge on any atom is -0.398 e. The van der Waals surface area contributed by atoms with Gasteiger partial charge < -0.3 is 31.5 Å². The van der Waals surface area contributed by atoms with Crippen LogP contribution in [0.3, 0.4) is 0 Å². The Morgan fingerprint density at radius 3 is 2.62 bits per heavy atom. The Hall–Kier alpha value is -2.79. The molecule has 2 heterocycles. The SMILES string of the molecule is C=C(NC(/C=C(\N)c1cnc(N)cc1C(F)(F)F)=NCC1(O)CCCC1)N1CCOCC1. The van der Waals surface area contributed by atoms with Crippen LogP contribution in [0, 0.1) is 0 Å². The molecule has 0 radical (unpaired) electrons. The van der Waals surface area contributed by atoms with Gasteiger partial charge in [-0.05, 0) is 18.9 Å². The van der Waals surface area contributed by atoms with Crippen LogP contribution in [0.1, 0.15) is 36.8 Å². The minimum absolute atomic E-state index is 0.0988. The molecule has 2 aliphatic rings. The maximum absolute atomic E-state index is 13.5. The Bertz CT molecular complexity index is 888. The predicted octanol–water partition coefficient (Wildman–Crippen LogP) is 2.08. The van der Waals surface area contributed by atoms with Gasteiger partial charge in [0.1, 0.15) is 11.7 Å². The van der Waals surface area contributed by atoms with Crippen LogP contribution >= 0.6 is 0 Å². The van der Waals surface area contributed by atoms with Crippen LogP contribution in [0.4, 0.5) is 19.0 Å². The van der Waals surface area contributed by atoms with Gasteiger partial charge in [0.25, 0.3) is 0 Å². The fraction of sp³-hybridized carbons (Fsp3) is 0.524. The van der Waals surface area contributed by atoms with E-state index in [4.69, 9.17) is 16.2 Å². The van der Waals surface area contributed by atoms with E-state index in [1.54, 1.807) is 0 Å². The van der Waals surface area contributed by atoms with Crippen molar-refractivity contribution < 1.29 is 23.0 Å². The second kappa shape index (κ2) is 9.78. The van der Waals surface area contributed by atoms with Crippen LogP contribution in [0.2, 0.25) is 0 Å². The molecule has 0 bridgehead atoms. The highest BCUT2D eigenvalue weighted by molar-refractivity contribution is 6.00. The number of amidine groups is 1. The smallest absolute Gasteiger partial charge is 0.398 e. The zero-order valence-electron chi connectivity index (χ0n) is 17.8. The van der Waals surface area contributed by atoms with Gasteiger partial charge in [0.05, 0.1) is 36.7 Å². The highest BCUT2D eigenvalue weighted by Crippen LogP contribution is 2.34. The van der Waals surface area contributed by atoms with E-state index >= 15 is 0 Å². The number of aliphatic imine (C=N–C) groups is 1. The number of morpholine rings is 1. The summed E-state index contributed by atoms with van der Waals surface area (Å²) in [5.74, 6) is 0.454. The van der Waals surface area contributed by atoms with Gasteiger partial charge in [0.2, 0.25) is 0 Å². The zero-order valence-corrected chi connectivity index (χ0v) is 17.8. The van der Waals surface area contributed by atoms with Crippen molar-refractivity contribution in [2.75, 3.05) is 38.6 Å². The lowest BCUT2D eigenvalue weighted by molar-refractivity contribution is -0.137. The largest absolute Gasteiger partial charge is 0.417 e. The van der Waals surface area contributed by atoms with Gasteiger partial charge in [0, 0.05) is 36.6 Å². The van der Waals surface area contributed by atoms with Crippen molar-refractivity contribution in [1.29, 1.82) is 0 Å². The molecule has 1 saturated carbocycles. The maximum atomic E-state index is 13.5. The number of hydrogen-bond donors (Lipinski definition) is 4. The van der Waals surface area contributed by atoms with Gasteiger partial charge in [-0.25, -0.2) is 4.98 Å². The summed E-state index contributed by atoms with van der Waals surface area (Å²) < 4.78 is 45.8. The quantitative estimate of drug-likeness (QED) is 0.383. The van der Waals surface area contributed by atoms with Gasteiger partial charge in [-0.2, -0.15) is 13.2 Å². The molecule has 176 valence electrons. The fourth-order valence-electron chi connectivity index (χ4n) is 3.77. The molecule has 0 amide bonds. The highest BCUT2D eigenvalue weighted by Gasteiger charge is 2.35. The number of ether oxygens (including phenoxy) is 1. The molecule has 1 aromatic rings. The molecule has 11 heteroatoms. The Kier molecular flexibility index (Phi) is 7.29. The Balaban J connectivity index is 1.90. The average Bonchev–Trinajstić information content (AvgIpc) is 3.18. The first-order valence-electron chi connectivity index (χ1n) is 10.4. The normalized spacial score (nSPS) is 19.8. The monoisotopic (exact) mass is 454 g/mol. The molecule has 0 spiro atoms. The van der Waals surface area contributed by atoms with E-state index in [1.807, 2.05) is 4.90 Å². The standard InChI is InChI=1S/C21H29F3N6O2/c1-14(30-6-8-32-9-7-30)29-19(28-13-20(31)4-2-3-5-20)11-17(25)15-12-27-18(26)10-16(15)21(22,23)24/h10-12,31H,1-9,13,25H2,(H2,26,27)(H,28,29)/b17-11-. The number of nitrogens with two attached hydrogens (primary N) is 2. The number of pyridine rings is 1. The Morgan fingerprint density at radius 1 is 1.34 bits per heavy atom. The van der Waals surface area contributed by atoms with E-state index in [9.17, 15) is 18.3 Å². The first kappa shape index (κ1) is 23.9. The summed E-state index contributed by atoms with van der Waals surface area (Å²) in [5, 5.41) is 13.7. The summed E-state index contributed by atoms with van der Waals surface area (Å²) in [6, 6.07) is 0.744. The lowest BCUT2D eigenvalue weighted by Gasteiger charge is -2.31. The molecule has 6 N–H and O–H groups in total.